The minimum absolute atomic E-state index is 0.344. The zero-order chi connectivity index (χ0) is 12.4. The van der Waals surface area contributed by atoms with Crippen LogP contribution in [0.25, 0.3) is 0 Å². The summed E-state index contributed by atoms with van der Waals surface area (Å²) >= 11 is 0. The molecule has 0 aromatic heterocycles. The highest BCUT2D eigenvalue weighted by molar-refractivity contribution is 5.56. The van der Waals surface area contributed by atoms with Gasteiger partial charge >= 0.3 is 0 Å². The first kappa shape index (κ1) is 11.1. The summed E-state index contributed by atoms with van der Waals surface area (Å²) in [6.07, 6.45) is 2.23. The van der Waals surface area contributed by atoms with E-state index < -0.39 is 0 Å². The van der Waals surface area contributed by atoms with E-state index in [1.807, 2.05) is 12.1 Å². The molecule has 92 valence electrons. The number of hydrogen-bond donors (Lipinski definition) is 1. The second-order valence-corrected chi connectivity index (χ2v) is 4.63. The highest BCUT2D eigenvalue weighted by atomic mass is 16.5. The van der Waals surface area contributed by atoms with Crippen LogP contribution in [-0.4, -0.2) is 7.11 Å². The van der Waals surface area contributed by atoms with Crippen molar-refractivity contribution in [3.63, 3.8) is 0 Å². The molecule has 2 aromatic rings. The lowest BCUT2D eigenvalue weighted by Gasteiger charge is -2.28. The first-order valence-electron chi connectivity index (χ1n) is 6.36. The highest BCUT2D eigenvalue weighted by Crippen LogP contribution is 2.35. The van der Waals surface area contributed by atoms with Crippen LogP contribution < -0.4 is 10.1 Å². The number of rotatable bonds is 2. The normalized spacial score (nSPS) is 17.7. The van der Waals surface area contributed by atoms with E-state index in [1.54, 1.807) is 7.11 Å². The molecule has 2 nitrogen and oxygen atoms in total. The number of fused-ring (bicyclic) bond motifs is 1. The summed E-state index contributed by atoms with van der Waals surface area (Å²) in [6.45, 7) is 0. The maximum Gasteiger partial charge on any atom is 0.124 e. The molecule has 0 fully saturated rings. The van der Waals surface area contributed by atoms with Gasteiger partial charge in [0.2, 0.25) is 0 Å². The number of benzene rings is 2. The Hall–Kier alpha value is -1.96. The average Bonchev–Trinajstić information content (AvgIpc) is 2.46. The molecule has 0 spiro atoms. The topological polar surface area (TPSA) is 21.3 Å². The molecule has 2 heteroatoms. The molecule has 1 unspecified atom stereocenters. The Morgan fingerprint density at radius 2 is 1.83 bits per heavy atom. The van der Waals surface area contributed by atoms with Crippen molar-refractivity contribution >= 4 is 5.69 Å². The minimum atomic E-state index is 0.344. The molecule has 1 atom stereocenters. The van der Waals surface area contributed by atoms with Gasteiger partial charge in [-0.2, -0.15) is 0 Å². The molecule has 1 aliphatic rings. The smallest absolute Gasteiger partial charge is 0.124 e. The van der Waals surface area contributed by atoms with Gasteiger partial charge in [0.15, 0.2) is 0 Å². The second-order valence-electron chi connectivity index (χ2n) is 4.63. The molecule has 1 aliphatic heterocycles. The lowest BCUT2D eigenvalue weighted by atomic mass is 9.93. The Morgan fingerprint density at radius 1 is 1.06 bits per heavy atom. The van der Waals surface area contributed by atoms with Crippen molar-refractivity contribution in [3.05, 3.63) is 59.7 Å². The van der Waals surface area contributed by atoms with Crippen LogP contribution in [0, 0.1) is 0 Å². The van der Waals surface area contributed by atoms with Gasteiger partial charge in [0.05, 0.1) is 13.2 Å². The molecule has 18 heavy (non-hydrogen) atoms. The molecular formula is C16H17NO. The van der Waals surface area contributed by atoms with Gasteiger partial charge in [0.1, 0.15) is 5.75 Å². The third-order valence-electron chi connectivity index (χ3n) is 3.56. The number of ether oxygens (including phenoxy) is 1. The lowest BCUT2D eigenvalue weighted by molar-refractivity contribution is 0.405. The molecular weight excluding hydrogens is 222 g/mol. The Kier molecular flexibility index (Phi) is 2.93. The van der Waals surface area contributed by atoms with Crippen molar-refractivity contribution in [1.29, 1.82) is 0 Å². The summed E-state index contributed by atoms with van der Waals surface area (Å²) in [5.41, 5.74) is 3.90. The SMILES string of the molecule is COc1ccccc1C1CCc2ccccc2N1. The fourth-order valence-electron chi connectivity index (χ4n) is 2.63. The summed E-state index contributed by atoms with van der Waals surface area (Å²) < 4.78 is 5.45. The summed E-state index contributed by atoms with van der Waals surface area (Å²) in [5.74, 6) is 0.967. The fourth-order valence-corrected chi connectivity index (χ4v) is 2.63. The van der Waals surface area contributed by atoms with E-state index in [1.165, 1.54) is 16.8 Å². The molecule has 2 aromatic carbocycles. The Bertz CT molecular complexity index is 550. The summed E-state index contributed by atoms with van der Waals surface area (Å²) in [4.78, 5) is 0. The molecule has 1 N–H and O–H groups in total. The van der Waals surface area contributed by atoms with Crippen LogP contribution >= 0.6 is 0 Å². The van der Waals surface area contributed by atoms with E-state index >= 15 is 0 Å². The zero-order valence-electron chi connectivity index (χ0n) is 10.5. The van der Waals surface area contributed by atoms with Crippen molar-refractivity contribution in [2.45, 2.75) is 18.9 Å². The predicted octanol–water partition coefficient (Wildman–Crippen LogP) is 3.79. The molecule has 0 saturated heterocycles. The number of hydrogen-bond acceptors (Lipinski definition) is 2. The third kappa shape index (κ3) is 1.94. The third-order valence-corrected chi connectivity index (χ3v) is 3.56. The number of nitrogens with one attached hydrogen (secondary N) is 1. The molecule has 0 amide bonds. The summed E-state index contributed by atoms with van der Waals surface area (Å²) in [6, 6.07) is 17.1. The maximum atomic E-state index is 5.45. The number of anilines is 1. The van der Waals surface area contributed by atoms with Crippen LogP contribution in [0.15, 0.2) is 48.5 Å². The number of para-hydroxylation sites is 2. The van der Waals surface area contributed by atoms with E-state index in [-0.39, 0.29) is 0 Å². The molecule has 1 heterocycles. The van der Waals surface area contributed by atoms with Crippen LogP contribution in [0.4, 0.5) is 5.69 Å². The quantitative estimate of drug-likeness (QED) is 0.860. The fraction of sp³-hybridized carbons (Fsp3) is 0.250. The van der Waals surface area contributed by atoms with Crippen molar-refractivity contribution in [2.24, 2.45) is 0 Å². The highest BCUT2D eigenvalue weighted by Gasteiger charge is 2.21. The molecule has 0 saturated carbocycles. The minimum Gasteiger partial charge on any atom is -0.496 e. The van der Waals surface area contributed by atoms with Gasteiger partial charge < -0.3 is 10.1 Å². The summed E-state index contributed by atoms with van der Waals surface area (Å²) in [5, 5.41) is 3.61. The van der Waals surface area contributed by atoms with Crippen LogP contribution in [0.5, 0.6) is 5.75 Å². The molecule has 0 bridgehead atoms. The van der Waals surface area contributed by atoms with Crippen molar-refractivity contribution in [2.75, 3.05) is 12.4 Å². The van der Waals surface area contributed by atoms with Crippen molar-refractivity contribution < 1.29 is 4.74 Å². The molecule has 0 aliphatic carbocycles. The maximum absolute atomic E-state index is 5.45. The van der Waals surface area contributed by atoms with Gasteiger partial charge in [0.25, 0.3) is 0 Å². The van der Waals surface area contributed by atoms with Crippen LogP contribution in [0.2, 0.25) is 0 Å². The van der Waals surface area contributed by atoms with Gasteiger partial charge in [-0.15, -0.1) is 0 Å². The number of aryl methyl sites for hydroxylation is 1. The van der Waals surface area contributed by atoms with Gasteiger partial charge in [-0.3, -0.25) is 0 Å². The number of methoxy groups -OCH3 is 1. The van der Waals surface area contributed by atoms with Crippen molar-refractivity contribution in [1.82, 2.24) is 0 Å². The van der Waals surface area contributed by atoms with E-state index in [0.29, 0.717) is 6.04 Å². The second kappa shape index (κ2) is 4.73. The predicted molar refractivity (Wildman–Crippen MR) is 74.1 cm³/mol. The largest absolute Gasteiger partial charge is 0.496 e. The lowest BCUT2D eigenvalue weighted by Crippen LogP contribution is -2.18. The first-order chi connectivity index (χ1) is 8.88. The van der Waals surface area contributed by atoms with E-state index in [4.69, 9.17) is 4.74 Å². The Morgan fingerprint density at radius 3 is 2.72 bits per heavy atom. The zero-order valence-corrected chi connectivity index (χ0v) is 10.5. The van der Waals surface area contributed by atoms with E-state index in [9.17, 15) is 0 Å². The van der Waals surface area contributed by atoms with Crippen LogP contribution in [0.1, 0.15) is 23.6 Å². The van der Waals surface area contributed by atoms with Crippen LogP contribution in [-0.2, 0) is 6.42 Å². The Labute approximate surface area is 108 Å². The molecule has 0 radical (unpaired) electrons. The molecule has 3 rings (SSSR count). The van der Waals surface area contributed by atoms with Gasteiger partial charge in [0, 0.05) is 11.3 Å². The first-order valence-corrected chi connectivity index (χ1v) is 6.36. The van der Waals surface area contributed by atoms with Gasteiger partial charge in [-0.05, 0) is 30.5 Å². The van der Waals surface area contributed by atoms with Gasteiger partial charge in [-0.1, -0.05) is 36.4 Å². The monoisotopic (exact) mass is 239 g/mol. The van der Waals surface area contributed by atoms with Crippen LogP contribution in [0.3, 0.4) is 0 Å². The van der Waals surface area contributed by atoms with Crippen molar-refractivity contribution in [3.8, 4) is 5.75 Å². The van der Waals surface area contributed by atoms with E-state index in [2.05, 4.69) is 41.7 Å². The van der Waals surface area contributed by atoms with Gasteiger partial charge in [-0.25, -0.2) is 0 Å². The summed E-state index contributed by atoms with van der Waals surface area (Å²) in [7, 11) is 1.73. The Balaban J connectivity index is 1.92. The van der Waals surface area contributed by atoms with E-state index in [0.717, 1.165) is 18.6 Å². The average molecular weight is 239 g/mol. The standard InChI is InChI=1S/C16H17NO/c1-18-16-9-5-3-7-13(16)15-11-10-12-6-2-4-8-14(12)17-15/h2-9,15,17H,10-11H2,1H3.